The predicted molar refractivity (Wildman–Crippen MR) is 129 cm³/mol. The van der Waals surface area contributed by atoms with Crippen LogP contribution in [0.2, 0.25) is 0 Å². The van der Waals surface area contributed by atoms with Crippen LogP contribution in [0, 0.1) is 5.41 Å². The van der Waals surface area contributed by atoms with Gasteiger partial charge in [0.1, 0.15) is 5.82 Å². The van der Waals surface area contributed by atoms with Gasteiger partial charge >= 0.3 is 0 Å². The lowest BCUT2D eigenvalue weighted by molar-refractivity contribution is 0.205. The molecule has 3 aromatic heterocycles. The van der Waals surface area contributed by atoms with Crippen LogP contribution in [0.1, 0.15) is 38.8 Å². The van der Waals surface area contributed by atoms with Crippen molar-refractivity contribution in [1.29, 1.82) is 0 Å². The Labute approximate surface area is 194 Å². The maximum Gasteiger partial charge on any atom is 0.183 e. The van der Waals surface area contributed by atoms with Gasteiger partial charge in [-0.15, -0.1) is 24.8 Å². The Morgan fingerprint density at radius 3 is 2.68 bits per heavy atom. The first kappa shape index (κ1) is 23.5. The quantitative estimate of drug-likeness (QED) is 0.609. The van der Waals surface area contributed by atoms with Crippen molar-refractivity contribution < 1.29 is 0 Å². The molecule has 0 radical (unpaired) electrons. The topological polar surface area (TPSA) is 99.9 Å². The number of anilines is 3. The van der Waals surface area contributed by atoms with Crippen LogP contribution in [0.15, 0.2) is 24.5 Å². The van der Waals surface area contributed by atoms with Gasteiger partial charge in [-0.25, -0.2) is 9.97 Å². The second-order valence-electron chi connectivity index (χ2n) is 8.63. The highest BCUT2D eigenvalue weighted by Crippen LogP contribution is 2.36. The average molecular weight is 465 g/mol. The van der Waals surface area contributed by atoms with Crippen LogP contribution in [0.4, 0.5) is 17.3 Å². The summed E-state index contributed by atoms with van der Waals surface area (Å²) in [6.45, 7) is 7.21. The highest BCUT2D eigenvalue weighted by atomic mass is 35.5. The van der Waals surface area contributed by atoms with Gasteiger partial charge in [-0.3, -0.25) is 10.1 Å². The second-order valence-corrected chi connectivity index (χ2v) is 8.63. The molecule has 8 nitrogen and oxygen atoms in total. The van der Waals surface area contributed by atoms with Crippen molar-refractivity contribution in [1.82, 2.24) is 25.1 Å². The lowest BCUT2D eigenvalue weighted by Gasteiger charge is -2.42. The third-order valence-corrected chi connectivity index (χ3v) is 6.78. The first-order valence-corrected chi connectivity index (χ1v) is 10.5. The molecule has 1 atom stereocenters. The van der Waals surface area contributed by atoms with E-state index < -0.39 is 0 Å². The van der Waals surface area contributed by atoms with Crippen LogP contribution in [0.25, 0.3) is 11.2 Å². The van der Waals surface area contributed by atoms with Crippen molar-refractivity contribution in [3.05, 3.63) is 30.2 Å². The van der Waals surface area contributed by atoms with Gasteiger partial charge in [-0.2, -0.15) is 5.10 Å². The number of aromatic amines is 1. The minimum absolute atomic E-state index is 0. The number of hydrogen-bond acceptors (Lipinski definition) is 7. The van der Waals surface area contributed by atoms with E-state index in [0.29, 0.717) is 0 Å². The maximum absolute atomic E-state index is 6.20. The van der Waals surface area contributed by atoms with E-state index >= 15 is 0 Å². The molecule has 0 aromatic carbocycles. The fraction of sp³-hybridized carbons (Fsp3) is 0.524. The van der Waals surface area contributed by atoms with Gasteiger partial charge in [-0.1, -0.05) is 6.92 Å². The molecule has 1 unspecified atom stereocenters. The van der Waals surface area contributed by atoms with Crippen LogP contribution < -0.4 is 15.5 Å². The summed E-state index contributed by atoms with van der Waals surface area (Å²) < 4.78 is 0. The Bertz CT molecular complexity index is 1030. The van der Waals surface area contributed by atoms with Crippen LogP contribution in [-0.4, -0.2) is 50.8 Å². The highest BCUT2D eigenvalue weighted by molar-refractivity contribution is 5.87. The van der Waals surface area contributed by atoms with E-state index in [1.54, 1.807) is 0 Å². The van der Waals surface area contributed by atoms with E-state index in [2.05, 4.69) is 44.9 Å². The van der Waals surface area contributed by atoms with Gasteiger partial charge in [0.25, 0.3) is 0 Å². The lowest BCUT2D eigenvalue weighted by Crippen LogP contribution is -2.47. The summed E-state index contributed by atoms with van der Waals surface area (Å²) in [6.07, 6.45) is 7.92. The van der Waals surface area contributed by atoms with E-state index in [1.807, 2.05) is 18.5 Å². The molecule has 2 aliphatic heterocycles. The fourth-order valence-electron chi connectivity index (χ4n) is 4.44. The number of piperidine rings is 1. The molecule has 3 aromatic rings. The van der Waals surface area contributed by atoms with E-state index in [-0.39, 0.29) is 36.3 Å². The summed E-state index contributed by atoms with van der Waals surface area (Å²) in [5, 5.41) is 7.66. The predicted octanol–water partition coefficient (Wildman–Crippen LogP) is 3.63. The number of rotatable bonds is 3. The Balaban J connectivity index is 0.00000136. The maximum atomic E-state index is 6.20. The summed E-state index contributed by atoms with van der Waals surface area (Å²) in [5.74, 6) is 1.73. The molecule has 0 saturated carbocycles. The molecule has 5 rings (SSSR count). The zero-order valence-electron chi connectivity index (χ0n) is 17.9. The average Bonchev–Trinajstić information content (AvgIpc) is 3.17. The molecule has 31 heavy (non-hydrogen) atoms. The zero-order valence-corrected chi connectivity index (χ0v) is 19.5. The summed E-state index contributed by atoms with van der Waals surface area (Å²) in [4.78, 5) is 18.6. The number of pyridine rings is 1. The number of nitrogens with zero attached hydrogens (tertiary/aromatic N) is 6. The van der Waals surface area contributed by atoms with Crippen molar-refractivity contribution >= 4 is 53.3 Å². The molecule has 0 amide bonds. The van der Waals surface area contributed by atoms with Crippen LogP contribution in [0.5, 0.6) is 0 Å². The molecule has 0 spiro atoms. The fourth-order valence-corrected chi connectivity index (χ4v) is 4.44. The van der Waals surface area contributed by atoms with E-state index in [4.69, 9.17) is 15.7 Å². The molecular weight excluding hydrogens is 435 g/mol. The number of fused-ring (bicyclic) bond motifs is 2. The highest BCUT2D eigenvalue weighted by Gasteiger charge is 2.34. The van der Waals surface area contributed by atoms with Gasteiger partial charge in [0.2, 0.25) is 0 Å². The molecular formula is C21H30Cl2N8. The molecule has 5 heterocycles. The standard InChI is InChI=1S/C21H28N8.2ClH/c1-14(22)21(2)7-11-28(12-8-21)17-13-24-18-19(25-17)26-27-20(18)29-10-4-5-15-16(29)6-3-9-23-15;;/h3,6,9,13-14H,4-5,7-8,10-12,22H2,1-2H3,(H,25,26,27);2*1H. The molecule has 1 fully saturated rings. The number of aryl methyl sites for hydroxylation is 1. The minimum atomic E-state index is 0. The van der Waals surface area contributed by atoms with Crippen molar-refractivity contribution in [2.75, 3.05) is 29.4 Å². The van der Waals surface area contributed by atoms with E-state index in [0.717, 1.165) is 79.5 Å². The Morgan fingerprint density at radius 1 is 1.16 bits per heavy atom. The molecule has 1 saturated heterocycles. The largest absolute Gasteiger partial charge is 0.355 e. The third-order valence-electron chi connectivity index (χ3n) is 6.78. The van der Waals surface area contributed by atoms with Crippen molar-refractivity contribution in [2.45, 2.75) is 45.6 Å². The third kappa shape index (κ3) is 4.16. The summed E-state index contributed by atoms with van der Waals surface area (Å²) in [5.41, 5.74) is 10.2. The first-order chi connectivity index (χ1) is 14.0. The molecule has 10 heteroatoms. The van der Waals surface area contributed by atoms with E-state index in [1.165, 1.54) is 0 Å². The minimum Gasteiger partial charge on any atom is -0.355 e. The normalized spacial score (nSPS) is 18.7. The lowest BCUT2D eigenvalue weighted by atomic mass is 9.75. The molecule has 3 N–H and O–H groups in total. The van der Waals surface area contributed by atoms with Crippen LogP contribution >= 0.6 is 24.8 Å². The SMILES string of the molecule is CC(N)C1(C)CCN(c2cnc3c(N4CCCc5ncccc54)n[nH]c3n2)CC1.Cl.Cl. The molecule has 0 bridgehead atoms. The van der Waals surface area contributed by atoms with Gasteiger partial charge in [0, 0.05) is 31.9 Å². The molecule has 0 aliphatic carbocycles. The van der Waals surface area contributed by atoms with Gasteiger partial charge in [-0.05, 0) is 50.2 Å². The monoisotopic (exact) mass is 464 g/mol. The summed E-state index contributed by atoms with van der Waals surface area (Å²) in [7, 11) is 0. The molecule has 168 valence electrons. The first-order valence-electron chi connectivity index (χ1n) is 10.5. The second kappa shape index (κ2) is 9.14. The van der Waals surface area contributed by atoms with Gasteiger partial charge in [0.15, 0.2) is 17.0 Å². The van der Waals surface area contributed by atoms with E-state index in [9.17, 15) is 0 Å². The van der Waals surface area contributed by atoms with Crippen LogP contribution in [-0.2, 0) is 6.42 Å². The molecule has 2 aliphatic rings. The Kier molecular flexibility index (Phi) is 6.93. The van der Waals surface area contributed by atoms with Crippen molar-refractivity contribution in [3.8, 4) is 0 Å². The van der Waals surface area contributed by atoms with Crippen molar-refractivity contribution in [2.24, 2.45) is 11.1 Å². The summed E-state index contributed by atoms with van der Waals surface area (Å²) >= 11 is 0. The number of hydrogen-bond donors (Lipinski definition) is 2. The Morgan fingerprint density at radius 2 is 1.94 bits per heavy atom. The summed E-state index contributed by atoms with van der Waals surface area (Å²) in [6, 6.07) is 4.28. The van der Waals surface area contributed by atoms with Gasteiger partial charge < -0.3 is 15.5 Å². The number of H-pyrrole nitrogens is 1. The number of halogens is 2. The Hall–Kier alpha value is -2.16. The number of aromatic nitrogens is 5. The number of nitrogens with one attached hydrogen (secondary N) is 1. The smallest absolute Gasteiger partial charge is 0.183 e. The van der Waals surface area contributed by atoms with Crippen LogP contribution in [0.3, 0.4) is 0 Å². The van der Waals surface area contributed by atoms with Crippen molar-refractivity contribution in [3.63, 3.8) is 0 Å². The zero-order chi connectivity index (χ0) is 20.0. The number of nitrogens with two attached hydrogens (primary N) is 1. The van der Waals surface area contributed by atoms with Gasteiger partial charge in [0.05, 0.1) is 17.6 Å².